The zero-order valence-corrected chi connectivity index (χ0v) is 20.9. The summed E-state index contributed by atoms with van der Waals surface area (Å²) in [5.41, 5.74) is 4.05. The lowest BCUT2D eigenvalue weighted by atomic mass is 10.2. The number of carbonyl (C=O) groups excluding carboxylic acids is 3. The van der Waals surface area contributed by atoms with Crippen LogP contribution in [-0.4, -0.2) is 30.5 Å². The fraction of sp³-hybridized carbons (Fsp3) is 0.0435. The number of ether oxygens (including phenoxy) is 1. The number of halogens is 2. The van der Waals surface area contributed by atoms with Crippen molar-refractivity contribution in [3.05, 3.63) is 96.6 Å². The molecular weight excluding hydrogens is 636 g/mol. The second kappa shape index (κ2) is 11.7. The maximum atomic E-state index is 12.3. The Morgan fingerprint density at radius 2 is 1.44 bits per heavy atom. The molecule has 0 fully saturated rings. The Bertz CT molecular complexity index is 1160. The van der Waals surface area contributed by atoms with Gasteiger partial charge < -0.3 is 10.1 Å². The molecule has 0 saturated heterocycles. The van der Waals surface area contributed by atoms with Gasteiger partial charge in [-0.2, -0.15) is 5.10 Å². The third kappa shape index (κ3) is 6.85. The van der Waals surface area contributed by atoms with Crippen LogP contribution in [0.5, 0.6) is 5.75 Å². The standard InChI is InChI=1S/C23H17I2N3O4/c24-19-7-3-1-5-17(19)22(30)26-14-21(29)28-27-13-15-9-11-16(12-10-15)32-23(31)18-6-2-4-8-20(18)25/h1-13H,14H2,(H,26,30)(H,28,29)/b27-13+. The van der Waals surface area contributed by atoms with Gasteiger partial charge in [0.15, 0.2) is 0 Å². The van der Waals surface area contributed by atoms with Gasteiger partial charge in [-0.25, -0.2) is 10.2 Å². The molecule has 0 saturated carbocycles. The van der Waals surface area contributed by atoms with E-state index in [-0.39, 0.29) is 12.5 Å². The van der Waals surface area contributed by atoms with Gasteiger partial charge in [0.25, 0.3) is 11.8 Å². The number of benzene rings is 3. The molecule has 0 aromatic heterocycles. The van der Waals surface area contributed by atoms with E-state index in [0.29, 0.717) is 22.4 Å². The lowest BCUT2D eigenvalue weighted by Crippen LogP contribution is -2.35. The summed E-state index contributed by atoms with van der Waals surface area (Å²) in [6.45, 7) is -0.200. The Morgan fingerprint density at radius 3 is 2.06 bits per heavy atom. The van der Waals surface area contributed by atoms with Crippen LogP contribution in [0.4, 0.5) is 0 Å². The molecule has 0 unspecified atom stereocenters. The van der Waals surface area contributed by atoms with Crippen LogP contribution < -0.4 is 15.5 Å². The number of carbonyl (C=O) groups is 3. The Morgan fingerprint density at radius 1 is 0.844 bits per heavy atom. The quantitative estimate of drug-likeness (QED) is 0.133. The lowest BCUT2D eigenvalue weighted by Gasteiger charge is -2.06. The largest absolute Gasteiger partial charge is 0.423 e. The molecule has 0 aliphatic rings. The Balaban J connectivity index is 1.47. The molecule has 2 amide bonds. The zero-order chi connectivity index (χ0) is 22.9. The van der Waals surface area contributed by atoms with Gasteiger partial charge in [0, 0.05) is 7.14 Å². The summed E-state index contributed by atoms with van der Waals surface area (Å²) in [6, 6.07) is 20.9. The molecule has 32 heavy (non-hydrogen) atoms. The Labute approximate surface area is 211 Å². The van der Waals surface area contributed by atoms with Gasteiger partial charge >= 0.3 is 5.97 Å². The van der Waals surface area contributed by atoms with Crippen molar-refractivity contribution in [2.45, 2.75) is 0 Å². The summed E-state index contributed by atoms with van der Waals surface area (Å²) >= 11 is 4.14. The maximum absolute atomic E-state index is 12.3. The number of hydrazone groups is 1. The fourth-order valence-electron chi connectivity index (χ4n) is 2.53. The van der Waals surface area contributed by atoms with Crippen LogP contribution in [0.3, 0.4) is 0 Å². The molecule has 0 atom stereocenters. The Hall–Kier alpha value is -2.80. The van der Waals surface area contributed by atoms with Gasteiger partial charge in [0.05, 0.1) is 23.9 Å². The van der Waals surface area contributed by atoms with Gasteiger partial charge in [-0.3, -0.25) is 9.59 Å². The minimum absolute atomic E-state index is 0.200. The van der Waals surface area contributed by atoms with Crippen molar-refractivity contribution in [1.29, 1.82) is 0 Å². The van der Waals surface area contributed by atoms with Gasteiger partial charge in [-0.05, 0) is 99.3 Å². The molecule has 7 nitrogen and oxygen atoms in total. The summed E-state index contributed by atoms with van der Waals surface area (Å²) in [7, 11) is 0. The highest BCUT2D eigenvalue weighted by Gasteiger charge is 2.12. The molecule has 162 valence electrons. The molecule has 9 heteroatoms. The average Bonchev–Trinajstić information content (AvgIpc) is 2.79. The minimum Gasteiger partial charge on any atom is -0.423 e. The van der Waals surface area contributed by atoms with Crippen molar-refractivity contribution in [2.75, 3.05) is 6.54 Å². The van der Waals surface area contributed by atoms with E-state index in [1.165, 1.54) is 6.21 Å². The molecule has 3 rings (SSSR count). The van der Waals surface area contributed by atoms with E-state index in [2.05, 4.69) is 61.0 Å². The maximum Gasteiger partial charge on any atom is 0.344 e. The van der Waals surface area contributed by atoms with Gasteiger partial charge in [-0.1, -0.05) is 24.3 Å². The summed E-state index contributed by atoms with van der Waals surface area (Å²) in [5.74, 6) is -0.821. The van der Waals surface area contributed by atoms with Gasteiger partial charge in [0.2, 0.25) is 0 Å². The second-order valence-electron chi connectivity index (χ2n) is 6.39. The van der Waals surface area contributed by atoms with Crippen LogP contribution in [-0.2, 0) is 4.79 Å². The molecule has 3 aromatic carbocycles. The van der Waals surface area contributed by atoms with Crippen molar-refractivity contribution in [2.24, 2.45) is 5.10 Å². The summed E-state index contributed by atoms with van der Waals surface area (Å²) in [5, 5.41) is 6.43. The first kappa shape index (κ1) is 23.9. The second-order valence-corrected chi connectivity index (χ2v) is 8.72. The molecule has 0 spiro atoms. The van der Waals surface area contributed by atoms with Crippen molar-refractivity contribution in [3.8, 4) is 5.75 Å². The summed E-state index contributed by atoms with van der Waals surface area (Å²) in [6.07, 6.45) is 1.45. The topological polar surface area (TPSA) is 96.9 Å². The third-order valence-electron chi connectivity index (χ3n) is 4.12. The predicted octanol–water partition coefficient (Wildman–Crippen LogP) is 4.00. The normalized spacial score (nSPS) is 10.6. The van der Waals surface area contributed by atoms with Crippen molar-refractivity contribution >= 4 is 69.2 Å². The van der Waals surface area contributed by atoms with Crippen LogP contribution in [0, 0.1) is 7.14 Å². The molecule has 0 heterocycles. The smallest absolute Gasteiger partial charge is 0.344 e. The van der Waals surface area contributed by atoms with E-state index in [4.69, 9.17) is 4.74 Å². The van der Waals surface area contributed by atoms with Crippen LogP contribution in [0.25, 0.3) is 0 Å². The van der Waals surface area contributed by atoms with Crippen molar-refractivity contribution in [3.63, 3.8) is 0 Å². The van der Waals surface area contributed by atoms with Crippen LogP contribution in [0.1, 0.15) is 26.3 Å². The average molecular weight is 653 g/mol. The van der Waals surface area contributed by atoms with Gasteiger partial charge in [-0.15, -0.1) is 0 Å². The lowest BCUT2D eigenvalue weighted by molar-refractivity contribution is -0.120. The SMILES string of the molecule is O=C(CNC(=O)c1ccccc1I)N/N=C/c1ccc(OC(=O)c2ccccc2I)cc1. The van der Waals surface area contributed by atoms with E-state index in [9.17, 15) is 14.4 Å². The molecule has 2 N–H and O–H groups in total. The summed E-state index contributed by atoms with van der Waals surface area (Å²) in [4.78, 5) is 36.3. The molecule has 3 aromatic rings. The number of hydrogen-bond acceptors (Lipinski definition) is 5. The first-order valence-electron chi connectivity index (χ1n) is 9.35. The predicted molar refractivity (Wildman–Crippen MR) is 138 cm³/mol. The highest BCUT2D eigenvalue weighted by atomic mass is 127. The molecule has 0 aliphatic heterocycles. The molecular formula is C23H17I2N3O4. The first-order chi connectivity index (χ1) is 15.4. The molecule has 0 bridgehead atoms. The van der Waals surface area contributed by atoms with Crippen LogP contribution >= 0.6 is 45.2 Å². The first-order valence-corrected chi connectivity index (χ1v) is 11.5. The van der Waals surface area contributed by atoms with Crippen LogP contribution in [0.2, 0.25) is 0 Å². The molecule has 0 radical (unpaired) electrons. The van der Waals surface area contributed by atoms with E-state index < -0.39 is 11.9 Å². The van der Waals surface area contributed by atoms with Gasteiger partial charge in [0.1, 0.15) is 5.75 Å². The third-order valence-corrected chi connectivity index (χ3v) is 6.00. The van der Waals surface area contributed by atoms with Crippen molar-refractivity contribution in [1.82, 2.24) is 10.7 Å². The number of nitrogens with one attached hydrogen (secondary N) is 2. The minimum atomic E-state index is -0.455. The highest BCUT2D eigenvalue weighted by Crippen LogP contribution is 2.17. The monoisotopic (exact) mass is 653 g/mol. The number of amides is 2. The van der Waals surface area contributed by atoms with Crippen LogP contribution in [0.15, 0.2) is 77.9 Å². The summed E-state index contributed by atoms with van der Waals surface area (Å²) < 4.78 is 6.99. The van der Waals surface area contributed by atoms with E-state index in [1.807, 2.05) is 24.3 Å². The number of hydrogen-bond donors (Lipinski definition) is 2. The fourth-order valence-corrected chi connectivity index (χ4v) is 3.77. The number of esters is 1. The number of rotatable bonds is 7. The Kier molecular flexibility index (Phi) is 8.73. The van der Waals surface area contributed by atoms with E-state index in [0.717, 1.165) is 7.14 Å². The highest BCUT2D eigenvalue weighted by molar-refractivity contribution is 14.1. The number of nitrogens with zero attached hydrogens (tertiary/aromatic N) is 1. The molecule has 0 aliphatic carbocycles. The van der Waals surface area contributed by atoms with E-state index in [1.54, 1.807) is 48.5 Å². The van der Waals surface area contributed by atoms with E-state index >= 15 is 0 Å². The van der Waals surface area contributed by atoms with Crippen molar-refractivity contribution < 1.29 is 19.1 Å². The zero-order valence-electron chi connectivity index (χ0n) is 16.5.